The van der Waals surface area contributed by atoms with Crippen LogP contribution in [0.3, 0.4) is 0 Å². The minimum atomic E-state index is -1.28. The predicted molar refractivity (Wildman–Crippen MR) is 110 cm³/mol. The van der Waals surface area contributed by atoms with E-state index in [2.05, 4.69) is 16.5 Å². The molecule has 0 fully saturated rings. The fourth-order valence-electron chi connectivity index (χ4n) is 3.57. The summed E-state index contributed by atoms with van der Waals surface area (Å²) in [5.41, 5.74) is 4.59. The van der Waals surface area contributed by atoms with Crippen molar-refractivity contribution in [2.75, 3.05) is 0 Å². The predicted octanol–water partition coefficient (Wildman–Crippen LogP) is 4.85. The molecule has 1 N–H and O–H groups in total. The highest BCUT2D eigenvalue weighted by Gasteiger charge is 2.17. The number of hydrogen-bond donors (Lipinski definition) is 1. The topological polar surface area (TPSA) is 68.0 Å². The zero-order chi connectivity index (χ0) is 20.5. The second-order valence-electron chi connectivity index (χ2n) is 6.93. The summed E-state index contributed by atoms with van der Waals surface area (Å²) in [6.45, 7) is 4.69. The molecular formula is C23H20FN3O2. The van der Waals surface area contributed by atoms with E-state index in [1.807, 2.05) is 37.3 Å². The molecule has 0 bridgehead atoms. The van der Waals surface area contributed by atoms with Gasteiger partial charge in [-0.25, -0.2) is 19.2 Å². The van der Waals surface area contributed by atoms with Gasteiger partial charge in [0.1, 0.15) is 22.7 Å². The largest absolute Gasteiger partial charge is 0.478 e. The van der Waals surface area contributed by atoms with Gasteiger partial charge < -0.3 is 9.67 Å². The summed E-state index contributed by atoms with van der Waals surface area (Å²) in [4.78, 5) is 20.7. The highest BCUT2D eigenvalue weighted by atomic mass is 19.1. The van der Waals surface area contributed by atoms with Gasteiger partial charge in [0.15, 0.2) is 5.65 Å². The summed E-state index contributed by atoms with van der Waals surface area (Å²) in [7, 11) is 0. The van der Waals surface area contributed by atoms with Crippen molar-refractivity contribution in [1.82, 2.24) is 14.5 Å². The Hall–Kier alpha value is -3.54. The number of pyridine rings is 1. The molecule has 146 valence electrons. The van der Waals surface area contributed by atoms with Gasteiger partial charge in [-0.3, -0.25) is 0 Å². The maximum absolute atomic E-state index is 14.0. The number of nitrogens with zero attached hydrogens (tertiary/aromatic N) is 3. The number of benzene rings is 2. The number of rotatable bonds is 5. The minimum absolute atomic E-state index is 0.311. The Morgan fingerprint density at radius 1 is 1.14 bits per heavy atom. The fourth-order valence-corrected chi connectivity index (χ4v) is 3.57. The van der Waals surface area contributed by atoms with E-state index in [9.17, 15) is 14.3 Å². The van der Waals surface area contributed by atoms with Crippen molar-refractivity contribution in [3.63, 3.8) is 0 Å². The summed E-state index contributed by atoms with van der Waals surface area (Å²) >= 11 is 0. The van der Waals surface area contributed by atoms with E-state index < -0.39 is 11.8 Å². The molecule has 4 aromatic rings. The van der Waals surface area contributed by atoms with E-state index in [0.29, 0.717) is 17.7 Å². The van der Waals surface area contributed by atoms with Crippen LogP contribution in [0.5, 0.6) is 0 Å². The summed E-state index contributed by atoms with van der Waals surface area (Å²) in [6.07, 6.45) is 2.58. The fraction of sp³-hybridized carbons (Fsp3) is 0.174. The molecule has 0 saturated heterocycles. The van der Waals surface area contributed by atoms with E-state index in [-0.39, 0.29) is 5.56 Å². The number of halogens is 1. The Morgan fingerprint density at radius 3 is 2.59 bits per heavy atom. The number of carbonyl (C=O) groups is 1. The van der Waals surface area contributed by atoms with E-state index in [1.54, 1.807) is 12.3 Å². The number of carboxylic acids is 1. The first-order valence-electron chi connectivity index (χ1n) is 9.41. The number of imidazole rings is 1. The van der Waals surface area contributed by atoms with Crippen LogP contribution >= 0.6 is 0 Å². The summed E-state index contributed by atoms with van der Waals surface area (Å²) < 4.78 is 16.1. The van der Waals surface area contributed by atoms with Crippen LogP contribution in [0.2, 0.25) is 0 Å². The molecule has 2 aromatic heterocycles. The lowest BCUT2D eigenvalue weighted by molar-refractivity contribution is 0.0693. The van der Waals surface area contributed by atoms with Gasteiger partial charge >= 0.3 is 5.97 Å². The number of fused-ring (bicyclic) bond motifs is 1. The number of aromatic carboxylic acids is 1. The van der Waals surface area contributed by atoms with Gasteiger partial charge in [0.25, 0.3) is 0 Å². The van der Waals surface area contributed by atoms with E-state index in [1.165, 1.54) is 6.07 Å². The number of hydrogen-bond acceptors (Lipinski definition) is 3. The average Bonchev–Trinajstić information content (AvgIpc) is 3.07. The Kier molecular flexibility index (Phi) is 4.84. The molecule has 0 saturated carbocycles. The zero-order valence-corrected chi connectivity index (χ0v) is 16.2. The number of aromatic nitrogens is 3. The molecule has 0 unspecified atom stereocenters. The molecule has 0 aliphatic carbocycles. The normalized spacial score (nSPS) is 11.1. The Balaban J connectivity index is 1.71. The van der Waals surface area contributed by atoms with Crippen LogP contribution in [0, 0.1) is 12.7 Å². The van der Waals surface area contributed by atoms with Crippen LogP contribution in [0.25, 0.3) is 22.3 Å². The lowest BCUT2D eigenvalue weighted by Gasteiger charge is -2.10. The smallest absolute Gasteiger partial charge is 0.339 e. The first-order chi connectivity index (χ1) is 14.0. The van der Waals surface area contributed by atoms with Crippen molar-refractivity contribution < 1.29 is 14.3 Å². The van der Waals surface area contributed by atoms with E-state index in [4.69, 9.17) is 4.98 Å². The summed E-state index contributed by atoms with van der Waals surface area (Å²) in [6, 6.07) is 13.7. The highest BCUT2D eigenvalue weighted by molar-refractivity contribution is 5.96. The quantitative estimate of drug-likeness (QED) is 0.530. The van der Waals surface area contributed by atoms with Crippen molar-refractivity contribution >= 4 is 17.1 Å². The third-order valence-corrected chi connectivity index (χ3v) is 5.06. The summed E-state index contributed by atoms with van der Waals surface area (Å²) in [5.74, 6) is -1.05. The zero-order valence-electron chi connectivity index (χ0n) is 16.2. The SMILES string of the molecule is CCc1nc2c(C)ccnc2n1Cc1ccc(-c2cccc(F)c2C(=O)O)cc1. The van der Waals surface area contributed by atoms with Gasteiger partial charge in [0, 0.05) is 12.6 Å². The lowest BCUT2D eigenvalue weighted by atomic mass is 9.98. The van der Waals surface area contributed by atoms with Gasteiger partial charge in [0.05, 0.1) is 6.54 Å². The molecule has 6 heteroatoms. The van der Waals surface area contributed by atoms with Gasteiger partial charge in [-0.05, 0) is 41.3 Å². The standard InChI is InChI=1S/C23H20FN3O2/c1-3-19-26-21-14(2)11-12-25-22(21)27(19)13-15-7-9-16(10-8-15)17-5-4-6-18(24)20(17)23(28)29/h4-12H,3,13H2,1-2H3,(H,28,29). The summed E-state index contributed by atoms with van der Waals surface area (Å²) in [5, 5.41) is 9.36. The van der Waals surface area contributed by atoms with Crippen LogP contribution in [0.1, 0.15) is 34.2 Å². The average molecular weight is 389 g/mol. The third kappa shape index (κ3) is 3.38. The lowest BCUT2D eigenvalue weighted by Crippen LogP contribution is -2.05. The molecule has 0 atom stereocenters. The first-order valence-corrected chi connectivity index (χ1v) is 9.41. The molecule has 29 heavy (non-hydrogen) atoms. The maximum Gasteiger partial charge on any atom is 0.339 e. The Bertz CT molecular complexity index is 1210. The molecule has 5 nitrogen and oxygen atoms in total. The molecule has 0 amide bonds. The molecule has 0 aliphatic heterocycles. The molecular weight excluding hydrogens is 369 g/mol. The van der Waals surface area contributed by atoms with Crippen molar-refractivity contribution in [3.8, 4) is 11.1 Å². The van der Waals surface area contributed by atoms with Crippen LogP contribution < -0.4 is 0 Å². The van der Waals surface area contributed by atoms with Gasteiger partial charge in [0.2, 0.25) is 0 Å². The van der Waals surface area contributed by atoms with Crippen molar-refractivity contribution in [3.05, 3.63) is 83.1 Å². The second kappa shape index (κ2) is 7.47. The van der Waals surface area contributed by atoms with Crippen LogP contribution in [0.4, 0.5) is 4.39 Å². The number of carboxylic acid groups (broad SMARTS) is 1. The van der Waals surface area contributed by atoms with E-state index >= 15 is 0 Å². The van der Waals surface area contributed by atoms with Crippen molar-refractivity contribution in [1.29, 1.82) is 0 Å². The van der Waals surface area contributed by atoms with Gasteiger partial charge in [-0.1, -0.05) is 43.3 Å². The van der Waals surface area contributed by atoms with Crippen molar-refractivity contribution in [2.45, 2.75) is 26.8 Å². The molecule has 0 radical (unpaired) electrons. The van der Waals surface area contributed by atoms with Crippen molar-refractivity contribution in [2.24, 2.45) is 0 Å². The van der Waals surface area contributed by atoms with Crippen LogP contribution in [-0.2, 0) is 13.0 Å². The van der Waals surface area contributed by atoms with E-state index in [0.717, 1.165) is 40.6 Å². The molecule has 0 aliphatic rings. The maximum atomic E-state index is 14.0. The second-order valence-corrected chi connectivity index (χ2v) is 6.93. The molecule has 4 rings (SSSR count). The van der Waals surface area contributed by atoms with Gasteiger partial charge in [-0.15, -0.1) is 0 Å². The highest BCUT2D eigenvalue weighted by Crippen LogP contribution is 2.27. The third-order valence-electron chi connectivity index (χ3n) is 5.06. The number of aryl methyl sites for hydroxylation is 2. The minimum Gasteiger partial charge on any atom is -0.478 e. The van der Waals surface area contributed by atoms with Gasteiger partial charge in [-0.2, -0.15) is 0 Å². The molecule has 2 heterocycles. The monoisotopic (exact) mass is 389 g/mol. The van der Waals surface area contributed by atoms with Crippen LogP contribution in [0.15, 0.2) is 54.7 Å². The first kappa shape index (κ1) is 18.8. The van der Waals surface area contributed by atoms with Crippen LogP contribution in [-0.4, -0.2) is 25.6 Å². The molecule has 0 spiro atoms. The Morgan fingerprint density at radius 2 is 1.90 bits per heavy atom. The Labute approximate surface area is 167 Å². The molecule has 2 aromatic carbocycles.